The van der Waals surface area contributed by atoms with Crippen LogP contribution in [0.5, 0.6) is 0 Å². The van der Waals surface area contributed by atoms with Gasteiger partial charge in [-0.1, -0.05) is 13.8 Å². The molecule has 5 nitrogen and oxygen atoms in total. The second-order valence-corrected chi connectivity index (χ2v) is 6.89. The minimum absolute atomic E-state index is 0.0820. The Hall–Kier alpha value is -1.36. The van der Waals surface area contributed by atoms with E-state index < -0.39 is 0 Å². The Bertz CT molecular complexity index is 528. The lowest BCUT2D eigenvalue weighted by Crippen LogP contribution is -2.57. The van der Waals surface area contributed by atoms with Gasteiger partial charge < -0.3 is 15.0 Å². The summed E-state index contributed by atoms with van der Waals surface area (Å²) >= 11 is 0. The Morgan fingerprint density at radius 2 is 2.11 bits per heavy atom. The molecule has 0 aliphatic heterocycles. The van der Waals surface area contributed by atoms with Crippen LogP contribution in [0.15, 0.2) is 17.2 Å². The van der Waals surface area contributed by atoms with E-state index in [2.05, 4.69) is 10.3 Å². The van der Waals surface area contributed by atoms with E-state index in [0.717, 1.165) is 0 Å². The molecule has 1 heterocycles. The van der Waals surface area contributed by atoms with Gasteiger partial charge in [-0.25, -0.2) is 4.98 Å². The lowest BCUT2D eigenvalue weighted by atomic mass is 9.64. The molecule has 19 heavy (non-hydrogen) atoms. The van der Waals surface area contributed by atoms with E-state index in [1.54, 1.807) is 17.0 Å². The number of anilines is 1. The largest absolute Gasteiger partial charge is 0.392 e. The summed E-state index contributed by atoms with van der Waals surface area (Å²) in [5.74, 6) is 0.363. The third-order valence-corrected chi connectivity index (χ3v) is 4.09. The summed E-state index contributed by atoms with van der Waals surface area (Å²) in [5, 5.41) is 12.9. The van der Waals surface area contributed by atoms with Crippen LogP contribution in [0.1, 0.15) is 41.0 Å². The van der Waals surface area contributed by atoms with Crippen molar-refractivity contribution in [3.63, 3.8) is 0 Å². The highest BCUT2D eigenvalue weighted by molar-refractivity contribution is 5.35. The third-order valence-electron chi connectivity index (χ3n) is 4.09. The number of nitrogens with zero attached hydrogens (tertiary/aromatic N) is 2. The third kappa shape index (κ3) is 2.39. The summed E-state index contributed by atoms with van der Waals surface area (Å²) in [6.07, 6.45) is 3.67. The van der Waals surface area contributed by atoms with Gasteiger partial charge in [0.05, 0.1) is 6.10 Å². The number of aliphatic hydroxyl groups excluding tert-OH is 1. The van der Waals surface area contributed by atoms with Crippen molar-refractivity contribution in [3.05, 3.63) is 22.7 Å². The number of nitrogens with one attached hydrogen (secondary N) is 1. The van der Waals surface area contributed by atoms with E-state index in [1.165, 1.54) is 0 Å². The summed E-state index contributed by atoms with van der Waals surface area (Å²) in [6.45, 7) is 9.92. The van der Waals surface area contributed by atoms with Crippen LogP contribution >= 0.6 is 0 Å². The average Bonchev–Trinajstić information content (AvgIpc) is 2.29. The van der Waals surface area contributed by atoms with Crippen molar-refractivity contribution in [1.29, 1.82) is 0 Å². The lowest BCUT2D eigenvalue weighted by molar-refractivity contribution is -0.0512. The normalized spacial score (nSPS) is 25.8. The molecule has 0 bridgehead atoms. The zero-order valence-electron chi connectivity index (χ0n) is 12.3. The summed E-state index contributed by atoms with van der Waals surface area (Å²) < 4.78 is 1.67. The number of aliphatic hydroxyl groups is 1. The molecule has 1 aliphatic carbocycles. The molecule has 2 N–H and O–H groups in total. The van der Waals surface area contributed by atoms with Gasteiger partial charge in [-0.05, 0) is 27.2 Å². The molecule has 1 fully saturated rings. The highest BCUT2D eigenvalue weighted by Gasteiger charge is 2.47. The Morgan fingerprint density at radius 3 is 2.58 bits per heavy atom. The first kappa shape index (κ1) is 14.1. The monoisotopic (exact) mass is 265 g/mol. The molecular weight excluding hydrogens is 242 g/mol. The molecule has 1 aromatic heterocycles. The zero-order valence-corrected chi connectivity index (χ0v) is 12.3. The van der Waals surface area contributed by atoms with Gasteiger partial charge in [0.15, 0.2) is 5.82 Å². The second-order valence-electron chi connectivity index (χ2n) is 6.89. The fourth-order valence-corrected chi connectivity index (χ4v) is 2.35. The van der Waals surface area contributed by atoms with E-state index in [9.17, 15) is 9.90 Å². The van der Waals surface area contributed by atoms with E-state index in [-0.39, 0.29) is 28.7 Å². The van der Waals surface area contributed by atoms with Crippen LogP contribution in [-0.4, -0.2) is 26.8 Å². The molecular formula is C14H23N3O2. The molecule has 1 aromatic rings. The van der Waals surface area contributed by atoms with Crippen molar-refractivity contribution in [3.8, 4) is 0 Å². The smallest absolute Gasteiger partial charge is 0.293 e. The molecule has 0 amide bonds. The van der Waals surface area contributed by atoms with Gasteiger partial charge in [-0.15, -0.1) is 0 Å². The van der Waals surface area contributed by atoms with Crippen LogP contribution in [-0.2, 0) is 5.54 Å². The molecule has 0 saturated heterocycles. The summed E-state index contributed by atoms with van der Waals surface area (Å²) in [6, 6.07) is 0.0820. The molecule has 0 spiro atoms. The Morgan fingerprint density at radius 1 is 1.47 bits per heavy atom. The lowest BCUT2D eigenvalue weighted by Gasteiger charge is -2.49. The molecule has 5 heteroatoms. The Balaban J connectivity index is 2.26. The van der Waals surface area contributed by atoms with Crippen LogP contribution in [0, 0.1) is 5.41 Å². The predicted octanol–water partition coefficient (Wildman–Crippen LogP) is 1.57. The van der Waals surface area contributed by atoms with Crippen molar-refractivity contribution < 1.29 is 5.11 Å². The van der Waals surface area contributed by atoms with E-state index in [4.69, 9.17) is 0 Å². The van der Waals surface area contributed by atoms with Gasteiger partial charge in [0.25, 0.3) is 5.56 Å². The predicted molar refractivity (Wildman–Crippen MR) is 75.3 cm³/mol. The van der Waals surface area contributed by atoms with Crippen molar-refractivity contribution in [1.82, 2.24) is 9.55 Å². The first-order chi connectivity index (χ1) is 8.64. The van der Waals surface area contributed by atoms with Gasteiger partial charge in [0.2, 0.25) is 0 Å². The Kier molecular flexibility index (Phi) is 3.21. The van der Waals surface area contributed by atoms with Gasteiger partial charge in [0, 0.05) is 29.4 Å². The Labute approximate surface area is 113 Å². The minimum Gasteiger partial charge on any atom is -0.392 e. The fraction of sp³-hybridized carbons (Fsp3) is 0.714. The summed E-state index contributed by atoms with van der Waals surface area (Å²) in [4.78, 5) is 16.5. The molecule has 2 rings (SSSR count). The standard InChI is InChI=1S/C14H23N3O2/c1-13(2,3)17-7-6-15-11(12(17)19)16-9-8-10(18)14(9,4)5/h6-7,9-10,18H,8H2,1-5H3,(H,15,16). The van der Waals surface area contributed by atoms with Gasteiger partial charge in [-0.3, -0.25) is 4.79 Å². The maximum absolute atomic E-state index is 12.4. The van der Waals surface area contributed by atoms with E-state index in [0.29, 0.717) is 12.2 Å². The van der Waals surface area contributed by atoms with Crippen LogP contribution in [0.2, 0.25) is 0 Å². The highest BCUT2D eigenvalue weighted by Crippen LogP contribution is 2.41. The SMILES string of the molecule is CC1(C)C(O)CC1Nc1nccn(C(C)(C)C)c1=O. The minimum atomic E-state index is -0.321. The van der Waals surface area contributed by atoms with Crippen LogP contribution in [0.3, 0.4) is 0 Å². The van der Waals surface area contributed by atoms with E-state index >= 15 is 0 Å². The van der Waals surface area contributed by atoms with Crippen molar-refractivity contribution in [2.75, 3.05) is 5.32 Å². The van der Waals surface area contributed by atoms with Gasteiger partial charge in [-0.2, -0.15) is 0 Å². The van der Waals surface area contributed by atoms with Crippen LogP contribution in [0.4, 0.5) is 5.82 Å². The van der Waals surface area contributed by atoms with Gasteiger partial charge >= 0.3 is 0 Å². The maximum atomic E-state index is 12.4. The zero-order chi connectivity index (χ0) is 14.4. The summed E-state index contributed by atoms with van der Waals surface area (Å²) in [7, 11) is 0. The fourth-order valence-electron chi connectivity index (χ4n) is 2.35. The quantitative estimate of drug-likeness (QED) is 0.852. The molecule has 2 unspecified atom stereocenters. The molecule has 0 radical (unpaired) electrons. The molecule has 106 valence electrons. The van der Waals surface area contributed by atoms with E-state index in [1.807, 2.05) is 34.6 Å². The second kappa shape index (κ2) is 4.34. The molecule has 0 aromatic carbocycles. The van der Waals surface area contributed by atoms with Crippen LogP contribution < -0.4 is 10.9 Å². The van der Waals surface area contributed by atoms with Crippen LogP contribution in [0.25, 0.3) is 0 Å². The van der Waals surface area contributed by atoms with Crippen molar-refractivity contribution >= 4 is 5.82 Å². The highest BCUT2D eigenvalue weighted by atomic mass is 16.3. The molecule has 2 atom stereocenters. The number of hydrogen-bond donors (Lipinski definition) is 2. The topological polar surface area (TPSA) is 67.2 Å². The number of aromatic nitrogens is 2. The van der Waals surface area contributed by atoms with Crippen molar-refractivity contribution in [2.24, 2.45) is 5.41 Å². The molecule has 1 saturated carbocycles. The average molecular weight is 265 g/mol. The first-order valence-corrected chi connectivity index (χ1v) is 6.67. The van der Waals surface area contributed by atoms with Crippen molar-refractivity contribution in [2.45, 2.75) is 58.7 Å². The van der Waals surface area contributed by atoms with Gasteiger partial charge in [0.1, 0.15) is 0 Å². The number of hydrogen-bond acceptors (Lipinski definition) is 4. The number of rotatable bonds is 2. The summed E-state index contributed by atoms with van der Waals surface area (Å²) in [5.41, 5.74) is -0.617. The maximum Gasteiger partial charge on any atom is 0.293 e. The molecule has 1 aliphatic rings. The first-order valence-electron chi connectivity index (χ1n) is 6.67.